The SMILES string of the molecule is CC(C)c1nc(N)cc(Nc2cc(F)c(Br)cc2F)n1. The first kappa shape index (κ1) is 14.6. The van der Waals surface area contributed by atoms with Gasteiger partial charge in [-0.3, -0.25) is 0 Å². The van der Waals surface area contributed by atoms with Crippen molar-refractivity contribution in [2.75, 3.05) is 11.1 Å². The average Bonchev–Trinajstić information content (AvgIpc) is 2.35. The van der Waals surface area contributed by atoms with Gasteiger partial charge in [0.25, 0.3) is 0 Å². The van der Waals surface area contributed by atoms with Crippen LogP contribution in [0.15, 0.2) is 22.7 Å². The molecule has 2 rings (SSSR count). The maximum Gasteiger partial charge on any atom is 0.148 e. The summed E-state index contributed by atoms with van der Waals surface area (Å²) in [6.45, 7) is 3.83. The molecule has 0 atom stereocenters. The Hall–Kier alpha value is -1.76. The van der Waals surface area contributed by atoms with E-state index >= 15 is 0 Å². The zero-order valence-electron chi connectivity index (χ0n) is 10.9. The van der Waals surface area contributed by atoms with Crippen LogP contribution in [0.25, 0.3) is 0 Å². The van der Waals surface area contributed by atoms with Crippen LogP contribution in [0.1, 0.15) is 25.6 Å². The monoisotopic (exact) mass is 342 g/mol. The number of rotatable bonds is 3. The minimum atomic E-state index is -0.596. The fourth-order valence-corrected chi connectivity index (χ4v) is 1.88. The lowest BCUT2D eigenvalue weighted by Gasteiger charge is -2.11. The van der Waals surface area contributed by atoms with E-state index in [2.05, 4.69) is 31.2 Å². The van der Waals surface area contributed by atoms with Crippen molar-refractivity contribution in [2.24, 2.45) is 0 Å². The van der Waals surface area contributed by atoms with Gasteiger partial charge in [-0.05, 0) is 22.0 Å². The Bertz CT molecular complexity index is 647. The first-order valence-corrected chi connectivity index (χ1v) is 6.72. The topological polar surface area (TPSA) is 63.8 Å². The van der Waals surface area contributed by atoms with Gasteiger partial charge in [0.1, 0.15) is 29.1 Å². The number of hydrogen-bond donors (Lipinski definition) is 2. The lowest BCUT2D eigenvalue weighted by Crippen LogP contribution is -2.05. The Morgan fingerprint density at radius 3 is 2.50 bits per heavy atom. The van der Waals surface area contributed by atoms with E-state index in [0.717, 1.165) is 12.1 Å². The maximum atomic E-state index is 13.7. The van der Waals surface area contributed by atoms with Gasteiger partial charge in [0.15, 0.2) is 0 Å². The third-order valence-electron chi connectivity index (χ3n) is 2.55. The van der Waals surface area contributed by atoms with E-state index in [1.807, 2.05) is 13.8 Å². The van der Waals surface area contributed by atoms with E-state index in [9.17, 15) is 8.78 Å². The summed E-state index contributed by atoms with van der Waals surface area (Å²) in [6, 6.07) is 3.56. The smallest absolute Gasteiger partial charge is 0.148 e. The second kappa shape index (κ2) is 5.70. The van der Waals surface area contributed by atoms with Crippen LogP contribution in [0.4, 0.5) is 26.1 Å². The van der Waals surface area contributed by atoms with E-state index in [0.29, 0.717) is 11.6 Å². The molecule has 0 unspecified atom stereocenters. The second-order valence-corrected chi connectivity index (χ2v) is 5.42. The van der Waals surface area contributed by atoms with Crippen LogP contribution >= 0.6 is 15.9 Å². The van der Waals surface area contributed by atoms with Gasteiger partial charge in [-0.1, -0.05) is 13.8 Å². The van der Waals surface area contributed by atoms with Gasteiger partial charge in [0.05, 0.1) is 10.2 Å². The number of anilines is 3. The summed E-state index contributed by atoms with van der Waals surface area (Å²) in [4.78, 5) is 8.30. The van der Waals surface area contributed by atoms with Crippen LogP contribution in [0.5, 0.6) is 0 Å². The van der Waals surface area contributed by atoms with Crippen molar-refractivity contribution in [3.05, 3.63) is 40.1 Å². The van der Waals surface area contributed by atoms with Crippen LogP contribution in [0.3, 0.4) is 0 Å². The number of nitrogens with one attached hydrogen (secondary N) is 1. The summed E-state index contributed by atoms with van der Waals surface area (Å²) in [5.74, 6) is 0.0311. The van der Waals surface area contributed by atoms with Crippen molar-refractivity contribution < 1.29 is 8.78 Å². The number of halogens is 3. The van der Waals surface area contributed by atoms with Crippen molar-refractivity contribution in [3.8, 4) is 0 Å². The predicted octanol–water partition coefficient (Wildman–Crippen LogP) is 3.97. The molecule has 0 aliphatic rings. The Labute approximate surface area is 123 Å². The standard InChI is InChI=1S/C13H13BrF2N4/c1-6(2)13-19-11(17)5-12(20-13)18-10-4-8(15)7(14)3-9(10)16/h3-6H,1-2H3,(H3,17,18,19,20). The van der Waals surface area contributed by atoms with Crippen LogP contribution in [-0.2, 0) is 0 Å². The molecule has 1 heterocycles. The highest BCUT2D eigenvalue weighted by Gasteiger charge is 2.11. The molecule has 2 aromatic rings. The van der Waals surface area contributed by atoms with Crippen molar-refractivity contribution in [1.82, 2.24) is 9.97 Å². The number of benzene rings is 1. The minimum absolute atomic E-state index is 0.0153. The van der Waals surface area contributed by atoms with Gasteiger partial charge in [0.2, 0.25) is 0 Å². The minimum Gasteiger partial charge on any atom is -0.384 e. The largest absolute Gasteiger partial charge is 0.384 e. The number of nitrogens with zero attached hydrogens (tertiary/aromatic N) is 2. The summed E-state index contributed by atoms with van der Waals surface area (Å²) in [5, 5.41) is 2.71. The second-order valence-electron chi connectivity index (χ2n) is 4.56. The van der Waals surface area contributed by atoms with E-state index in [-0.39, 0.29) is 21.9 Å². The van der Waals surface area contributed by atoms with Crippen molar-refractivity contribution in [1.29, 1.82) is 0 Å². The van der Waals surface area contributed by atoms with Crippen molar-refractivity contribution in [2.45, 2.75) is 19.8 Å². The molecule has 0 aliphatic heterocycles. The molecular weight excluding hydrogens is 330 g/mol. The molecule has 3 N–H and O–H groups in total. The molecule has 0 fully saturated rings. The molecule has 4 nitrogen and oxygen atoms in total. The molecule has 1 aromatic carbocycles. The molecule has 0 bridgehead atoms. The highest BCUT2D eigenvalue weighted by molar-refractivity contribution is 9.10. The molecule has 0 radical (unpaired) electrons. The van der Waals surface area contributed by atoms with E-state index < -0.39 is 11.6 Å². The summed E-state index contributed by atoms with van der Waals surface area (Å²) >= 11 is 2.92. The molecule has 1 aromatic heterocycles. The van der Waals surface area contributed by atoms with Crippen molar-refractivity contribution in [3.63, 3.8) is 0 Å². The molecule has 0 saturated heterocycles. The first-order chi connectivity index (χ1) is 9.36. The fraction of sp³-hybridized carbons (Fsp3) is 0.231. The third kappa shape index (κ3) is 3.22. The zero-order valence-corrected chi connectivity index (χ0v) is 12.5. The highest BCUT2D eigenvalue weighted by Crippen LogP contribution is 2.26. The van der Waals surface area contributed by atoms with Gasteiger partial charge < -0.3 is 11.1 Å². The zero-order chi connectivity index (χ0) is 14.9. The van der Waals surface area contributed by atoms with Gasteiger partial charge in [-0.2, -0.15) is 0 Å². The summed E-state index contributed by atoms with van der Waals surface area (Å²) in [5.41, 5.74) is 5.66. The van der Waals surface area contributed by atoms with Gasteiger partial charge >= 0.3 is 0 Å². The molecule has 20 heavy (non-hydrogen) atoms. The molecule has 0 saturated carbocycles. The molecular formula is C13H13BrF2N4. The van der Waals surface area contributed by atoms with E-state index in [1.165, 1.54) is 6.07 Å². The lowest BCUT2D eigenvalue weighted by atomic mass is 10.2. The van der Waals surface area contributed by atoms with Gasteiger partial charge in [0, 0.05) is 18.1 Å². The molecule has 0 aliphatic carbocycles. The molecule has 0 spiro atoms. The summed E-state index contributed by atoms with van der Waals surface area (Å²) in [7, 11) is 0. The van der Waals surface area contributed by atoms with Crippen LogP contribution in [0.2, 0.25) is 0 Å². The molecule has 0 amide bonds. The highest BCUT2D eigenvalue weighted by atomic mass is 79.9. The third-order valence-corrected chi connectivity index (χ3v) is 3.16. The number of nitrogens with two attached hydrogens (primary N) is 1. The maximum absolute atomic E-state index is 13.7. The number of nitrogen functional groups attached to an aromatic ring is 1. The number of aromatic nitrogens is 2. The summed E-state index contributed by atoms with van der Waals surface area (Å²) in [6.07, 6.45) is 0. The Kier molecular flexibility index (Phi) is 4.17. The van der Waals surface area contributed by atoms with Gasteiger partial charge in [-0.25, -0.2) is 18.7 Å². The van der Waals surface area contributed by atoms with Crippen molar-refractivity contribution >= 4 is 33.3 Å². The Morgan fingerprint density at radius 2 is 1.85 bits per heavy atom. The van der Waals surface area contributed by atoms with E-state index in [4.69, 9.17) is 5.73 Å². The molecule has 106 valence electrons. The van der Waals surface area contributed by atoms with Crippen LogP contribution < -0.4 is 11.1 Å². The Morgan fingerprint density at radius 1 is 1.15 bits per heavy atom. The quantitative estimate of drug-likeness (QED) is 0.828. The first-order valence-electron chi connectivity index (χ1n) is 5.93. The predicted molar refractivity (Wildman–Crippen MR) is 77.9 cm³/mol. The summed E-state index contributed by atoms with van der Waals surface area (Å²) < 4.78 is 27.2. The lowest BCUT2D eigenvalue weighted by molar-refractivity contribution is 0.597. The fourth-order valence-electron chi connectivity index (χ4n) is 1.56. The Balaban J connectivity index is 2.37. The normalized spacial score (nSPS) is 10.9. The van der Waals surface area contributed by atoms with Crippen LogP contribution in [0, 0.1) is 11.6 Å². The van der Waals surface area contributed by atoms with E-state index in [1.54, 1.807) is 0 Å². The average molecular weight is 343 g/mol. The molecule has 7 heteroatoms. The van der Waals surface area contributed by atoms with Gasteiger partial charge in [-0.15, -0.1) is 0 Å². The number of hydrogen-bond acceptors (Lipinski definition) is 4. The van der Waals surface area contributed by atoms with Crippen LogP contribution in [-0.4, -0.2) is 9.97 Å².